The van der Waals surface area contributed by atoms with Crippen molar-refractivity contribution in [1.82, 2.24) is 9.80 Å². The third-order valence-electron chi connectivity index (χ3n) is 4.19. The smallest absolute Gasteiger partial charge is 0.246 e. The molecule has 0 aromatic carbocycles. The van der Waals surface area contributed by atoms with Gasteiger partial charge in [-0.3, -0.25) is 13.8 Å². The zero-order valence-electron chi connectivity index (χ0n) is 12.5. The molecule has 2 amide bonds. The number of carbonyl (C=O) groups excluding carboxylic acids is 2. The quantitative estimate of drug-likeness (QED) is 0.764. The lowest BCUT2D eigenvalue weighted by molar-refractivity contribution is -0.165. The van der Waals surface area contributed by atoms with Gasteiger partial charge in [-0.25, -0.2) is 0 Å². The molecule has 2 fully saturated rings. The highest BCUT2D eigenvalue weighted by Crippen LogP contribution is 2.28. The largest absolute Gasteiger partial charge is 0.329 e. The van der Waals surface area contributed by atoms with Crippen LogP contribution in [0.3, 0.4) is 0 Å². The Bertz CT molecular complexity index is 425. The van der Waals surface area contributed by atoms with Crippen LogP contribution in [0.1, 0.15) is 33.1 Å². The molecule has 114 valence electrons. The van der Waals surface area contributed by atoms with Crippen LogP contribution < -0.4 is 0 Å². The van der Waals surface area contributed by atoms with Crippen LogP contribution in [0, 0.1) is 5.92 Å². The van der Waals surface area contributed by atoms with Gasteiger partial charge in [-0.1, -0.05) is 13.8 Å². The first kappa shape index (κ1) is 15.5. The van der Waals surface area contributed by atoms with E-state index in [4.69, 9.17) is 0 Å². The van der Waals surface area contributed by atoms with E-state index in [1.54, 1.807) is 16.1 Å². The molecule has 0 N–H and O–H groups in total. The number of carbonyl (C=O) groups is 2. The minimum atomic E-state index is -0.950. The summed E-state index contributed by atoms with van der Waals surface area (Å²) in [4.78, 5) is 28.8. The molecular weight excluding hydrogens is 276 g/mol. The summed E-state index contributed by atoms with van der Waals surface area (Å²) < 4.78 is 11.3. The Hall–Kier alpha value is -0.910. The fourth-order valence-electron chi connectivity index (χ4n) is 3.21. The summed E-state index contributed by atoms with van der Waals surface area (Å²) in [5.74, 6) is 0.647. The molecule has 0 radical (unpaired) electrons. The van der Waals surface area contributed by atoms with E-state index in [-0.39, 0.29) is 29.8 Å². The molecule has 2 aliphatic heterocycles. The maximum Gasteiger partial charge on any atom is 0.246 e. The van der Waals surface area contributed by atoms with Gasteiger partial charge in [0.25, 0.3) is 0 Å². The van der Waals surface area contributed by atoms with E-state index in [1.807, 2.05) is 13.8 Å². The Morgan fingerprint density at radius 3 is 2.55 bits per heavy atom. The van der Waals surface area contributed by atoms with Gasteiger partial charge in [0.15, 0.2) is 0 Å². The number of rotatable bonds is 4. The van der Waals surface area contributed by atoms with Gasteiger partial charge >= 0.3 is 0 Å². The molecule has 6 heteroatoms. The Kier molecular flexibility index (Phi) is 4.83. The highest BCUT2D eigenvalue weighted by atomic mass is 32.2. The number of amides is 2. The Morgan fingerprint density at radius 1 is 1.25 bits per heavy atom. The van der Waals surface area contributed by atoms with Gasteiger partial charge < -0.3 is 9.80 Å². The van der Waals surface area contributed by atoms with E-state index in [2.05, 4.69) is 0 Å². The lowest BCUT2D eigenvalue weighted by Gasteiger charge is -2.48. The van der Waals surface area contributed by atoms with E-state index in [0.29, 0.717) is 18.8 Å². The molecule has 3 atom stereocenters. The Morgan fingerprint density at radius 2 is 1.95 bits per heavy atom. The Balaban J connectivity index is 2.24. The first-order chi connectivity index (χ1) is 9.43. The van der Waals surface area contributed by atoms with Gasteiger partial charge in [-0.05, 0) is 25.2 Å². The van der Waals surface area contributed by atoms with E-state index in [0.717, 1.165) is 19.3 Å². The number of hydrogen-bond donors (Lipinski definition) is 0. The molecule has 0 saturated carbocycles. The SMILES string of the molecule is CC(C)C1C(=O)N2CCCCC2C(=O)N1CCS(C)=O. The summed E-state index contributed by atoms with van der Waals surface area (Å²) in [6.07, 6.45) is 4.38. The highest BCUT2D eigenvalue weighted by molar-refractivity contribution is 7.84. The van der Waals surface area contributed by atoms with Crippen molar-refractivity contribution in [3.8, 4) is 0 Å². The van der Waals surface area contributed by atoms with Crippen LogP contribution in [0.5, 0.6) is 0 Å². The maximum atomic E-state index is 12.7. The second-order valence-corrected chi connectivity index (χ2v) is 7.60. The standard InChI is InChI=1S/C14H24N2O3S/c1-10(2)12-14(18)15-7-5-4-6-11(15)13(17)16(12)8-9-20(3)19/h10-12H,4-9H2,1-3H3. The van der Waals surface area contributed by atoms with Crippen molar-refractivity contribution in [3.63, 3.8) is 0 Å². The summed E-state index contributed by atoms with van der Waals surface area (Å²) >= 11 is 0. The first-order valence-corrected chi connectivity index (χ1v) is 9.07. The van der Waals surface area contributed by atoms with E-state index in [9.17, 15) is 13.8 Å². The van der Waals surface area contributed by atoms with Gasteiger partial charge in [-0.15, -0.1) is 0 Å². The molecule has 20 heavy (non-hydrogen) atoms. The van der Waals surface area contributed by atoms with Crippen LogP contribution >= 0.6 is 0 Å². The summed E-state index contributed by atoms with van der Waals surface area (Å²) in [5.41, 5.74) is 0. The lowest BCUT2D eigenvalue weighted by atomic mass is 9.91. The van der Waals surface area contributed by atoms with Crippen LogP contribution in [0.15, 0.2) is 0 Å². The predicted octanol–water partition coefficient (Wildman–Crippen LogP) is 0.613. The molecule has 2 saturated heterocycles. The molecule has 0 aliphatic carbocycles. The number of piperidine rings is 1. The average molecular weight is 300 g/mol. The molecule has 2 heterocycles. The van der Waals surface area contributed by atoms with Crippen LogP contribution in [0.2, 0.25) is 0 Å². The summed E-state index contributed by atoms with van der Waals surface area (Å²) in [6, 6.07) is -0.669. The van der Waals surface area contributed by atoms with Crippen molar-refractivity contribution < 1.29 is 13.8 Å². The van der Waals surface area contributed by atoms with Crippen molar-refractivity contribution in [2.45, 2.75) is 45.2 Å². The van der Waals surface area contributed by atoms with Crippen molar-refractivity contribution in [3.05, 3.63) is 0 Å². The van der Waals surface area contributed by atoms with Crippen molar-refractivity contribution >= 4 is 22.6 Å². The highest BCUT2D eigenvalue weighted by Gasteiger charge is 2.47. The van der Waals surface area contributed by atoms with Crippen molar-refractivity contribution in [2.75, 3.05) is 25.1 Å². The van der Waals surface area contributed by atoms with E-state index in [1.165, 1.54) is 0 Å². The third kappa shape index (κ3) is 2.90. The molecule has 0 spiro atoms. The van der Waals surface area contributed by atoms with Crippen molar-refractivity contribution in [2.24, 2.45) is 5.92 Å². The number of fused-ring (bicyclic) bond motifs is 1. The van der Waals surface area contributed by atoms with Gasteiger partial charge in [0.2, 0.25) is 11.8 Å². The predicted molar refractivity (Wildman–Crippen MR) is 78.6 cm³/mol. The molecule has 0 bridgehead atoms. The van der Waals surface area contributed by atoms with Crippen LogP contribution in [0.4, 0.5) is 0 Å². The minimum Gasteiger partial charge on any atom is -0.329 e. The molecule has 2 aliphatic rings. The second kappa shape index (κ2) is 6.24. The molecule has 0 aromatic rings. The first-order valence-electron chi connectivity index (χ1n) is 7.34. The monoisotopic (exact) mass is 300 g/mol. The average Bonchev–Trinajstić information content (AvgIpc) is 2.40. The third-order valence-corrected chi connectivity index (χ3v) is 4.95. The summed E-state index contributed by atoms with van der Waals surface area (Å²) in [6.45, 7) is 5.05. The summed E-state index contributed by atoms with van der Waals surface area (Å²) in [7, 11) is -0.950. The Labute approximate surface area is 123 Å². The lowest BCUT2D eigenvalue weighted by Crippen LogP contribution is -2.67. The number of hydrogen-bond acceptors (Lipinski definition) is 3. The zero-order valence-corrected chi connectivity index (χ0v) is 13.3. The van der Waals surface area contributed by atoms with Crippen LogP contribution in [-0.4, -0.2) is 63.0 Å². The van der Waals surface area contributed by atoms with Gasteiger partial charge in [-0.2, -0.15) is 0 Å². The number of nitrogens with zero attached hydrogens (tertiary/aromatic N) is 2. The van der Waals surface area contributed by atoms with Crippen LogP contribution in [0.25, 0.3) is 0 Å². The van der Waals surface area contributed by atoms with E-state index >= 15 is 0 Å². The normalized spacial score (nSPS) is 28.8. The molecular formula is C14H24N2O3S. The fraction of sp³-hybridized carbons (Fsp3) is 0.857. The van der Waals surface area contributed by atoms with Gasteiger partial charge in [0, 0.05) is 35.9 Å². The van der Waals surface area contributed by atoms with Crippen molar-refractivity contribution in [1.29, 1.82) is 0 Å². The van der Waals surface area contributed by atoms with Gasteiger partial charge in [0.1, 0.15) is 12.1 Å². The summed E-state index contributed by atoms with van der Waals surface area (Å²) in [5, 5.41) is 0. The maximum absolute atomic E-state index is 12.7. The fourth-order valence-corrected chi connectivity index (χ4v) is 3.66. The zero-order chi connectivity index (χ0) is 14.9. The molecule has 3 unspecified atom stereocenters. The van der Waals surface area contributed by atoms with Crippen LogP contribution in [-0.2, 0) is 20.4 Å². The molecule has 2 rings (SSSR count). The van der Waals surface area contributed by atoms with Gasteiger partial charge in [0.05, 0.1) is 0 Å². The van der Waals surface area contributed by atoms with E-state index < -0.39 is 10.8 Å². The number of piperazine rings is 1. The molecule has 5 nitrogen and oxygen atoms in total. The topological polar surface area (TPSA) is 57.7 Å². The molecule has 0 aromatic heterocycles. The second-order valence-electron chi connectivity index (χ2n) is 6.04. The minimum absolute atomic E-state index is 0.0495.